The van der Waals surface area contributed by atoms with E-state index in [0.717, 1.165) is 18.4 Å². The topological polar surface area (TPSA) is 39.4 Å². The van der Waals surface area contributed by atoms with Gasteiger partial charge in [0.25, 0.3) is 0 Å². The number of ether oxygens (including phenoxy) is 1. The molecule has 0 spiro atoms. The number of allylic oxidation sites excluding steroid dienone is 1. The van der Waals surface area contributed by atoms with Gasteiger partial charge in [0.2, 0.25) is 15.8 Å². The highest BCUT2D eigenvalue weighted by Crippen LogP contribution is 2.23. The summed E-state index contributed by atoms with van der Waals surface area (Å²) in [6, 6.07) is 11.2. The normalized spacial score (nSPS) is 11.1. The van der Waals surface area contributed by atoms with Crippen LogP contribution in [0.3, 0.4) is 0 Å². The Morgan fingerprint density at radius 2 is 1.96 bits per heavy atom. The molecule has 1 aromatic carbocycles. The highest BCUT2D eigenvalue weighted by atomic mass is 79.9. The van der Waals surface area contributed by atoms with E-state index >= 15 is 0 Å². The van der Waals surface area contributed by atoms with Crippen molar-refractivity contribution >= 4 is 22.0 Å². The van der Waals surface area contributed by atoms with E-state index in [1.54, 1.807) is 0 Å². The van der Waals surface area contributed by atoms with Crippen LogP contribution in [0.25, 0.3) is 6.08 Å². The first kappa shape index (κ1) is 18.5. The van der Waals surface area contributed by atoms with E-state index in [-0.39, 0.29) is 11.2 Å². The van der Waals surface area contributed by atoms with Crippen LogP contribution < -0.4 is 10.2 Å². The molecule has 0 amide bonds. The molecule has 0 atom stereocenters. The fourth-order valence-corrected chi connectivity index (χ4v) is 2.80. The fraction of sp³-hybridized carbons (Fsp3) is 0.350. The highest BCUT2D eigenvalue weighted by molar-refractivity contribution is 9.10. The summed E-state index contributed by atoms with van der Waals surface area (Å²) in [5.74, 6) is 0.744. The Kier molecular flexibility index (Phi) is 7.83. The predicted octanol–water partition coefficient (Wildman–Crippen LogP) is 5.96. The molecule has 24 heavy (non-hydrogen) atoms. The van der Waals surface area contributed by atoms with Gasteiger partial charge in [-0.25, -0.2) is 0 Å². The first-order valence-electron chi connectivity index (χ1n) is 8.37. The van der Waals surface area contributed by atoms with Gasteiger partial charge in [0, 0.05) is 6.07 Å². The van der Waals surface area contributed by atoms with Crippen molar-refractivity contribution in [1.29, 1.82) is 0 Å². The van der Waals surface area contributed by atoms with E-state index in [2.05, 4.69) is 22.9 Å². The molecule has 0 aliphatic carbocycles. The predicted molar refractivity (Wildman–Crippen MR) is 101 cm³/mol. The minimum absolute atomic E-state index is 0.185. The van der Waals surface area contributed by atoms with Gasteiger partial charge in [0.1, 0.15) is 12.4 Å². The van der Waals surface area contributed by atoms with E-state index in [4.69, 9.17) is 9.15 Å². The molecule has 3 nitrogen and oxygen atoms in total. The second kappa shape index (κ2) is 10.1. The van der Waals surface area contributed by atoms with Crippen molar-refractivity contribution < 1.29 is 9.15 Å². The molecule has 0 bridgehead atoms. The number of rotatable bonds is 9. The molecular weight excluding hydrogens is 368 g/mol. The lowest BCUT2D eigenvalue weighted by atomic mass is 10.1. The maximum Gasteiger partial charge on any atom is 0.228 e. The monoisotopic (exact) mass is 390 g/mol. The van der Waals surface area contributed by atoms with Crippen molar-refractivity contribution in [3.05, 3.63) is 68.7 Å². The van der Waals surface area contributed by atoms with Gasteiger partial charge in [-0.2, -0.15) is 0 Å². The van der Waals surface area contributed by atoms with Gasteiger partial charge in [-0.1, -0.05) is 62.6 Å². The Bertz CT molecular complexity index is 705. The van der Waals surface area contributed by atoms with Crippen molar-refractivity contribution in [1.82, 2.24) is 0 Å². The number of halogens is 1. The Morgan fingerprint density at radius 3 is 2.67 bits per heavy atom. The van der Waals surface area contributed by atoms with Crippen LogP contribution in [0.2, 0.25) is 0 Å². The summed E-state index contributed by atoms with van der Waals surface area (Å²) >= 11 is 3.29. The summed E-state index contributed by atoms with van der Waals surface area (Å²) in [5, 5.41) is 0. The van der Waals surface area contributed by atoms with E-state index < -0.39 is 0 Å². The van der Waals surface area contributed by atoms with Gasteiger partial charge in [-0.15, -0.1) is 0 Å². The molecule has 0 aliphatic rings. The average molecular weight is 391 g/mol. The molecule has 2 aromatic rings. The van der Waals surface area contributed by atoms with Crippen molar-refractivity contribution in [2.24, 2.45) is 0 Å². The summed E-state index contributed by atoms with van der Waals surface area (Å²) in [5.41, 5.74) is 0.814. The van der Waals surface area contributed by atoms with Crippen LogP contribution >= 0.6 is 15.9 Å². The molecule has 0 N–H and O–H groups in total. The highest BCUT2D eigenvalue weighted by Gasteiger charge is 2.10. The molecule has 0 saturated carbocycles. The van der Waals surface area contributed by atoms with Gasteiger partial charge in [0.15, 0.2) is 0 Å². The summed E-state index contributed by atoms with van der Waals surface area (Å²) < 4.78 is 11.5. The second-order valence-corrected chi connectivity index (χ2v) is 6.36. The standard InChI is InChI=1S/C20H23BrO3/c1-2-3-4-5-6-10-13-17-14-18(22)19(20(21)24-17)23-15-16-11-8-7-9-12-16/h7-14H,2-6,15H2,1H3/b13-10+. The first-order chi connectivity index (χ1) is 11.7. The van der Waals surface area contributed by atoms with Gasteiger partial charge in [0.05, 0.1) is 0 Å². The van der Waals surface area contributed by atoms with Gasteiger partial charge < -0.3 is 9.15 Å². The Labute approximate surface area is 151 Å². The summed E-state index contributed by atoms with van der Waals surface area (Å²) in [6.07, 6.45) is 9.78. The molecule has 128 valence electrons. The average Bonchev–Trinajstić information content (AvgIpc) is 2.58. The van der Waals surface area contributed by atoms with E-state index in [1.807, 2.05) is 42.5 Å². The molecular formula is C20H23BrO3. The summed E-state index contributed by atoms with van der Waals surface area (Å²) in [6.45, 7) is 2.53. The molecule has 0 fully saturated rings. The summed E-state index contributed by atoms with van der Waals surface area (Å²) in [7, 11) is 0. The quantitative estimate of drug-likeness (QED) is 0.495. The SMILES string of the molecule is CCCCCC/C=C/c1cc(=O)c(OCc2ccccc2)c(Br)o1. The van der Waals surface area contributed by atoms with Crippen LogP contribution in [0.15, 0.2) is 56.4 Å². The lowest BCUT2D eigenvalue weighted by molar-refractivity contribution is 0.286. The van der Waals surface area contributed by atoms with E-state index in [0.29, 0.717) is 17.0 Å². The van der Waals surface area contributed by atoms with Crippen molar-refractivity contribution in [3.63, 3.8) is 0 Å². The first-order valence-corrected chi connectivity index (χ1v) is 9.17. The van der Waals surface area contributed by atoms with E-state index in [1.165, 1.54) is 25.3 Å². The largest absolute Gasteiger partial charge is 0.481 e. The minimum Gasteiger partial charge on any atom is -0.481 e. The van der Waals surface area contributed by atoms with Crippen LogP contribution in [0.1, 0.15) is 50.4 Å². The van der Waals surface area contributed by atoms with Gasteiger partial charge in [-0.05, 0) is 40.4 Å². The molecule has 4 heteroatoms. The third-order valence-corrected chi connectivity index (χ3v) is 4.14. The zero-order chi connectivity index (χ0) is 17.2. The molecule has 1 heterocycles. The zero-order valence-corrected chi connectivity index (χ0v) is 15.6. The van der Waals surface area contributed by atoms with Crippen LogP contribution in [0, 0.1) is 0 Å². The zero-order valence-electron chi connectivity index (χ0n) is 14.0. The van der Waals surface area contributed by atoms with Gasteiger partial charge in [-0.3, -0.25) is 4.79 Å². The molecule has 0 unspecified atom stereocenters. The smallest absolute Gasteiger partial charge is 0.228 e. The third kappa shape index (κ3) is 6.00. The fourth-order valence-electron chi connectivity index (χ4n) is 2.30. The molecule has 0 saturated heterocycles. The minimum atomic E-state index is -0.185. The maximum absolute atomic E-state index is 12.2. The molecule has 2 rings (SSSR count). The third-order valence-electron chi connectivity index (χ3n) is 3.62. The van der Waals surface area contributed by atoms with Crippen LogP contribution in [0.4, 0.5) is 0 Å². The van der Waals surface area contributed by atoms with Crippen molar-refractivity contribution in [2.45, 2.75) is 45.6 Å². The number of hydrogen-bond donors (Lipinski definition) is 0. The van der Waals surface area contributed by atoms with Crippen molar-refractivity contribution in [2.75, 3.05) is 0 Å². The Balaban J connectivity index is 1.95. The number of unbranched alkanes of at least 4 members (excludes halogenated alkanes) is 4. The van der Waals surface area contributed by atoms with E-state index in [9.17, 15) is 4.79 Å². The molecule has 1 aromatic heterocycles. The van der Waals surface area contributed by atoms with Gasteiger partial charge >= 0.3 is 0 Å². The Morgan fingerprint density at radius 1 is 1.17 bits per heavy atom. The molecule has 0 radical (unpaired) electrons. The van der Waals surface area contributed by atoms with Crippen LogP contribution in [-0.2, 0) is 6.61 Å². The molecule has 0 aliphatic heterocycles. The summed E-state index contributed by atoms with van der Waals surface area (Å²) in [4.78, 5) is 12.2. The maximum atomic E-state index is 12.2. The Hall–Kier alpha value is -1.81. The second-order valence-electron chi connectivity index (χ2n) is 5.64. The van der Waals surface area contributed by atoms with Crippen LogP contribution in [0.5, 0.6) is 5.75 Å². The lowest BCUT2D eigenvalue weighted by Gasteiger charge is -2.07. The lowest BCUT2D eigenvalue weighted by Crippen LogP contribution is -2.08. The number of benzene rings is 1. The van der Waals surface area contributed by atoms with Crippen molar-refractivity contribution in [3.8, 4) is 5.75 Å². The number of hydrogen-bond acceptors (Lipinski definition) is 3. The van der Waals surface area contributed by atoms with Crippen LogP contribution in [-0.4, -0.2) is 0 Å².